The largest absolute Gasteiger partial charge is 0.298 e. The number of rotatable bonds is 4. The second-order valence-electron chi connectivity index (χ2n) is 5.02. The van der Waals surface area contributed by atoms with Crippen LogP contribution in [-0.2, 0) is 6.42 Å². The quantitative estimate of drug-likeness (QED) is 0.759. The van der Waals surface area contributed by atoms with Crippen molar-refractivity contribution in [3.8, 4) is 0 Å². The standard InChI is InChI=1S/C17H11F3N2OS/c18-12-4-1-10(2-5-12)7-13-9-21-17(24-13)22-16(23)11-3-6-14(19)15(20)8-11/h1-6,8-9H,7H2,(H,21,22,23). The molecule has 3 nitrogen and oxygen atoms in total. The smallest absolute Gasteiger partial charge is 0.257 e. The van der Waals surface area contributed by atoms with Crippen LogP contribution in [0.5, 0.6) is 0 Å². The first kappa shape index (κ1) is 16.2. The first-order chi connectivity index (χ1) is 11.5. The molecule has 2 aromatic carbocycles. The Morgan fingerprint density at radius 2 is 1.79 bits per heavy atom. The Morgan fingerprint density at radius 3 is 2.50 bits per heavy atom. The van der Waals surface area contributed by atoms with E-state index in [1.54, 1.807) is 18.3 Å². The van der Waals surface area contributed by atoms with Gasteiger partial charge in [-0.2, -0.15) is 0 Å². The van der Waals surface area contributed by atoms with Gasteiger partial charge in [-0.25, -0.2) is 18.2 Å². The third-order valence-corrected chi connectivity index (χ3v) is 4.16. The average Bonchev–Trinajstić information content (AvgIpc) is 2.99. The number of amides is 1. The molecule has 0 aliphatic carbocycles. The minimum absolute atomic E-state index is 0.00387. The molecule has 0 unspecified atom stereocenters. The van der Waals surface area contributed by atoms with Crippen molar-refractivity contribution >= 4 is 22.4 Å². The molecule has 0 aliphatic rings. The van der Waals surface area contributed by atoms with Crippen LogP contribution in [0.1, 0.15) is 20.8 Å². The Hall–Kier alpha value is -2.67. The van der Waals surface area contributed by atoms with Gasteiger partial charge in [0.25, 0.3) is 5.91 Å². The fourth-order valence-corrected chi connectivity index (χ4v) is 2.90. The van der Waals surface area contributed by atoms with E-state index in [2.05, 4.69) is 10.3 Å². The molecule has 24 heavy (non-hydrogen) atoms. The maximum absolute atomic E-state index is 13.2. The summed E-state index contributed by atoms with van der Waals surface area (Å²) in [6.45, 7) is 0. The summed E-state index contributed by atoms with van der Waals surface area (Å²) in [7, 11) is 0. The minimum Gasteiger partial charge on any atom is -0.298 e. The molecule has 0 bridgehead atoms. The molecule has 1 N–H and O–H groups in total. The highest BCUT2D eigenvalue weighted by Gasteiger charge is 2.12. The Kier molecular flexibility index (Phi) is 4.61. The lowest BCUT2D eigenvalue weighted by Gasteiger charge is -2.02. The first-order valence-electron chi connectivity index (χ1n) is 6.97. The fourth-order valence-electron chi connectivity index (χ4n) is 2.06. The Morgan fingerprint density at radius 1 is 1.04 bits per heavy atom. The van der Waals surface area contributed by atoms with Gasteiger partial charge >= 0.3 is 0 Å². The number of anilines is 1. The molecule has 3 rings (SSSR count). The van der Waals surface area contributed by atoms with E-state index in [0.717, 1.165) is 22.6 Å². The second-order valence-corrected chi connectivity index (χ2v) is 6.13. The highest BCUT2D eigenvalue weighted by atomic mass is 32.1. The second kappa shape index (κ2) is 6.84. The van der Waals surface area contributed by atoms with Crippen molar-refractivity contribution in [3.05, 3.63) is 82.1 Å². The lowest BCUT2D eigenvalue weighted by molar-refractivity contribution is 0.102. The highest BCUT2D eigenvalue weighted by Crippen LogP contribution is 2.22. The van der Waals surface area contributed by atoms with Crippen LogP contribution < -0.4 is 5.32 Å². The number of hydrogen-bond donors (Lipinski definition) is 1. The molecule has 122 valence electrons. The zero-order valence-electron chi connectivity index (χ0n) is 12.2. The van der Waals surface area contributed by atoms with E-state index < -0.39 is 17.5 Å². The molecule has 1 heterocycles. The summed E-state index contributed by atoms with van der Waals surface area (Å²) in [4.78, 5) is 17.0. The molecule has 0 saturated heterocycles. The van der Waals surface area contributed by atoms with E-state index in [1.807, 2.05) is 0 Å². The van der Waals surface area contributed by atoms with Gasteiger partial charge in [0.1, 0.15) is 5.82 Å². The predicted molar refractivity (Wildman–Crippen MR) is 85.6 cm³/mol. The van der Waals surface area contributed by atoms with E-state index in [1.165, 1.54) is 29.5 Å². The lowest BCUT2D eigenvalue weighted by atomic mass is 10.1. The van der Waals surface area contributed by atoms with E-state index in [4.69, 9.17) is 0 Å². The zero-order chi connectivity index (χ0) is 17.1. The van der Waals surface area contributed by atoms with Crippen molar-refractivity contribution in [1.29, 1.82) is 0 Å². The van der Waals surface area contributed by atoms with Crippen LogP contribution in [0, 0.1) is 17.5 Å². The van der Waals surface area contributed by atoms with Crippen molar-refractivity contribution < 1.29 is 18.0 Å². The molecule has 3 aromatic rings. The van der Waals surface area contributed by atoms with Crippen molar-refractivity contribution in [2.75, 3.05) is 5.32 Å². The van der Waals surface area contributed by atoms with Crippen LogP contribution in [-0.4, -0.2) is 10.9 Å². The molecule has 0 aliphatic heterocycles. The summed E-state index contributed by atoms with van der Waals surface area (Å²) in [6.07, 6.45) is 2.16. The Bertz CT molecular complexity index is 878. The zero-order valence-corrected chi connectivity index (χ0v) is 13.0. The molecule has 1 aromatic heterocycles. The monoisotopic (exact) mass is 348 g/mol. The summed E-state index contributed by atoms with van der Waals surface area (Å²) in [5.74, 6) is -2.97. The normalized spacial score (nSPS) is 10.6. The number of nitrogens with zero attached hydrogens (tertiary/aromatic N) is 1. The average molecular weight is 348 g/mol. The van der Waals surface area contributed by atoms with E-state index in [-0.39, 0.29) is 11.4 Å². The number of aromatic nitrogens is 1. The van der Waals surface area contributed by atoms with Gasteiger partial charge in [-0.05, 0) is 35.9 Å². The van der Waals surface area contributed by atoms with Gasteiger partial charge < -0.3 is 0 Å². The maximum Gasteiger partial charge on any atom is 0.257 e. The number of nitrogens with one attached hydrogen (secondary N) is 1. The van der Waals surface area contributed by atoms with Gasteiger partial charge in [0, 0.05) is 23.1 Å². The molecule has 7 heteroatoms. The minimum atomic E-state index is -1.08. The molecule has 0 atom stereocenters. The van der Waals surface area contributed by atoms with Crippen LogP contribution >= 0.6 is 11.3 Å². The van der Waals surface area contributed by atoms with Crippen molar-refractivity contribution in [2.45, 2.75) is 6.42 Å². The van der Waals surface area contributed by atoms with Crippen LogP contribution in [0.4, 0.5) is 18.3 Å². The summed E-state index contributed by atoms with van der Waals surface area (Å²) >= 11 is 1.26. The number of hydrogen-bond acceptors (Lipinski definition) is 3. The van der Waals surface area contributed by atoms with E-state index in [0.29, 0.717) is 11.6 Å². The number of halogens is 3. The van der Waals surface area contributed by atoms with Crippen molar-refractivity contribution in [3.63, 3.8) is 0 Å². The van der Waals surface area contributed by atoms with Crippen molar-refractivity contribution in [2.24, 2.45) is 0 Å². The number of thiazole rings is 1. The van der Waals surface area contributed by atoms with Crippen LogP contribution in [0.2, 0.25) is 0 Å². The SMILES string of the molecule is O=C(Nc1ncc(Cc2ccc(F)cc2)s1)c1ccc(F)c(F)c1. The Balaban J connectivity index is 1.68. The van der Waals surface area contributed by atoms with E-state index in [9.17, 15) is 18.0 Å². The summed E-state index contributed by atoms with van der Waals surface area (Å²) in [5, 5.41) is 2.89. The molecule has 1 amide bonds. The van der Waals surface area contributed by atoms with Gasteiger partial charge in [0.05, 0.1) is 0 Å². The molecular weight excluding hydrogens is 337 g/mol. The summed E-state index contributed by atoms with van der Waals surface area (Å²) < 4.78 is 38.9. The number of carbonyl (C=O) groups is 1. The van der Waals surface area contributed by atoms with Gasteiger partial charge in [0.2, 0.25) is 0 Å². The highest BCUT2D eigenvalue weighted by molar-refractivity contribution is 7.15. The predicted octanol–water partition coefficient (Wildman–Crippen LogP) is 4.40. The van der Waals surface area contributed by atoms with Crippen LogP contribution in [0.25, 0.3) is 0 Å². The van der Waals surface area contributed by atoms with Gasteiger partial charge in [-0.1, -0.05) is 12.1 Å². The topological polar surface area (TPSA) is 42.0 Å². The molecule has 0 fully saturated rings. The summed E-state index contributed by atoms with van der Waals surface area (Å²) in [5.41, 5.74) is 0.919. The molecular formula is C17H11F3N2OS. The lowest BCUT2D eigenvalue weighted by Crippen LogP contribution is -2.12. The van der Waals surface area contributed by atoms with Gasteiger partial charge in [-0.15, -0.1) is 11.3 Å². The number of benzene rings is 2. The molecule has 0 radical (unpaired) electrons. The Labute approximate surface area is 139 Å². The van der Waals surface area contributed by atoms with E-state index >= 15 is 0 Å². The van der Waals surface area contributed by atoms with Crippen LogP contribution in [0.15, 0.2) is 48.7 Å². The third kappa shape index (κ3) is 3.80. The summed E-state index contributed by atoms with van der Waals surface area (Å²) in [6, 6.07) is 9.03. The third-order valence-electron chi connectivity index (χ3n) is 3.25. The number of carbonyl (C=O) groups excluding carboxylic acids is 1. The van der Waals surface area contributed by atoms with Crippen LogP contribution in [0.3, 0.4) is 0 Å². The first-order valence-corrected chi connectivity index (χ1v) is 7.78. The molecule has 0 saturated carbocycles. The van der Waals surface area contributed by atoms with Gasteiger partial charge in [0.15, 0.2) is 16.8 Å². The van der Waals surface area contributed by atoms with Crippen molar-refractivity contribution in [1.82, 2.24) is 4.98 Å². The van der Waals surface area contributed by atoms with Gasteiger partial charge in [-0.3, -0.25) is 10.1 Å². The molecule has 0 spiro atoms. The maximum atomic E-state index is 13.2. The fraction of sp³-hybridized carbons (Fsp3) is 0.0588.